The maximum Gasteiger partial charge on any atom is 0.273 e. The average Bonchev–Trinajstić information content (AvgIpc) is 2.56. The van der Waals surface area contributed by atoms with Crippen LogP contribution >= 0.6 is 0 Å². The van der Waals surface area contributed by atoms with Crippen LogP contribution in [0.1, 0.15) is 35.7 Å². The highest BCUT2D eigenvalue weighted by atomic mass is 16.6. The first-order chi connectivity index (χ1) is 11.5. The molecule has 2 aromatic carbocycles. The number of rotatable bonds is 7. The monoisotopic (exact) mass is 328 g/mol. The number of nitro benzene ring substituents is 1. The molecule has 0 aromatic heterocycles. The van der Waals surface area contributed by atoms with Crippen molar-refractivity contribution >= 4 is 17.3 Å². The molecule has 0 saturated heterocycles. The number of anilines is 1. The summed E-state index contributed by atoms with van der Waals surface area (Å²) in [6.45, 7) is 4.39. The number of nitrogens with zero attached hydrogens (tertiary/aromatic N) is 1. The fourth-order valence-electron chi connectivity index (χ4n) is 2.12. The molecule has 1 amide bonds. The van der Waals surface area contributed by atoms with Crippen LogP contribution in [0.15, 0.2) is 42.5 Å². The predicted octanol–water partition coefficient (Wildman–Crippen LogP) is 4.33. The minimum Gasteiger partial charge on any atom is -0.494 e. The Morgan fingerprint density at radius 2 is 1.92 bits per heavy atom. The molecule has 0 bridgehead atoms. The van der Waals surface area contributed by atoms with Gasteiger partial charge < -0.3 is 10.1 Å². The van der Waals surface area contributed by atoms with Gasteiger partial charge in [-0.05, 0) is 43.7 Å². The van der Waals surface area contributed by atoms with E-state index in [1.54, 1.807) is 43.3 Å². The van der Waals surface area contributed by atoms with E-state index < -0.39 is 10.8 Å². The molecule has 0 aliphatic carbocycles. The lowest BCUT2D eigenvalue weighted by atomic mass is 10.1. The molecule has 1 N–H and O–H groups in total. The van der Waals surface area contributed by atoms with Crippen LogP contribution in [-0.2, 0) is 0 Å². The van der Waals surface area contributed by atoms with Crippen molar-refractivity contribution in [2.45, 2.75) is 26.7 Å². The molecule has 2 aromatic rings. The zero-order valence-electron chi connectivity index (χ0n) is 13.7. The summed E-state index contributed by atoms with van der Waals surface area (Å²) in [5.74, 6) is 0.352. The summed E-state index contributed by atoms with van der Waals surface area (Å²) in [6.07, 6.45) is 2.06. The molecule has 0 fully saturated rings. The van der Waals surface area contributed by atoms with Gasteiger partial charge in [0.1, 0.15) is 5.75 Å². The Balaban J connectivity index is 2.04. The number of nitrogens with one attached hydrogen (secondary N) is 1. The summed E-state index contributed by atoms with van der Waals surface area (Å²) >= 11 is 0. The maximum absolute atomic E-state index is 12.2. The summed E-state index contributed by atoms with van der Waals surface area (Å²) in [7, 11) is 0. The molecule has 0 unspecified atom stereocenters. The van der Waals surface area contributed by atoms with Gasteiger partial charge in [-0.2, -0.15) is 0 Å². The van der Waals surface area contributed by atoms with Crippen molar-refractivity contribution < 1.29 is 14.5 Å². The molecule has 0 aliphatic rings. The molecule has 0 saturated carbocycles. The fraction of sp³-hybridized carbons (Fsp3) is 0.278. The number of nitro groups is 1. The number of hydrogen-bond acceptors (Lipinski definition) is 4. The van der Waals surface area contributed by atoms with Gasteiger partial charge in [-0.3, -0.25) is 14.9 Å². The highest BCUT2D eigenvalue weighted by molar-refractivity contribution is 6.04. The van der Waals surface area contributed by atoms with E-state index in [0.29, 0.717) is 17.9 Å². The summed E-state index contributed by atoms with van der Waals surface area (Å²) in [5.41, 5.74) is 1.30. The van der Waals surface area contributed by atoms with Crippen molar-refractivity contribution in [3.05, 3.63) is 63.7 Å². The average molecular weight is 328 g/mol. The van der Waals surface area contributed by atoms with Crippen LogP contribution in [-0.4, -0.2) is 17.4 Å². The first-order valence-corrected chi connectivity index (χ1v) is 7.80. The zero-order valence-corrected chi connectivity index (χ0v) is 13.7. The third kappa shape index (κ3) is 4.55. The van der Waals surface area contributed by atoms with E-state index in [0.717, 1.165) is 18.6 Å². The van der Waals surface area contributed by atoms with Crippen LogP contribution in [0.3, 0.4) is 0 Å². The van der Waals surface area contributed by atoms with Crippen molar-refractivity contribution in [3.63, 3.8) is 0 Å². The molecule has 6 heteroatoms. The smallest absolute Gasteiger partial charge is 0.273 e. The largest absolute Gasteiger partial charge is 0.494 e. The minimum absolute atomic E-state index is 0.0673. The van der Waals surface area contributed by atoms with Crippen molar-refractivity contribution in [2.75, 3.05) is 11.9 Å². The van der Waals surface area contributed by atoms with E-state index in [9.17, 15) is 14.9 Å². The van der Waals surface area contributed by atoms with E-state index in [2.05, 4.69) is 12.2 Å². The fourth-order valence-corrected chi connectivity index (χ4v) is 2.12. The van der Waals surface area contributed by atoms with Crippen LogP contribution in [0.25, 0.3) is 0 Å². The summed E-state index contributed by atoms with van der Waals surface area (Å²) in [4.78, 5) is 22.7. The van der Waals surface area contributed by atoms with Gasteiger partial charge in [0, 0.05) is 22.9 Å². The van der Waals surface area contributed by atoms with Gasteiger partial charge in [0.15, 0.2) is 0 Å². The van der Waals surface area contributed by atoms with Gasteiger partial charge in [0.2, 0.25) is 0 Å². The van der Waals surface area contributed by atoms with Crippen molar-refractivity contribution in [1.82, 2.24) is 0 Å². The molecule has 0 aliphatic heterocycles. The molecule has 24 heavy (non-hydrogen) atoms. The van der Waals surface area contributed by atoms with Crippen molar-refractivity contribution in [2.24, 2.45) is 0 Å². The zero-order chi connectivity index (χ0) is 17.5. The van der Waals surface area contributed by atoms with Gasteiger partial charge in [-0.1, -0.05) is 19.4 Å². The normalized spacial score (nSPS) is 10.2. The molecule has 126 valence electrons. The van der Waals surface area contributed by atoms with Crippen LogP contribution < -0.4 is 10.1 Å². The summed E-state index contributed by atoms with van der Waals surface area (Å²) in [5, 5.41) is 13.7. The SMILES string of the molecule is CCCCOc1ccc(NC(=O)c2ccc(C)c([N+](=O)[O-])c2)cc1. The molecule has 0 heterocycles. The molecular formula is C18H20N2O4. The number of carbonyl (C=O) groups is 1. The van der Waals surface area contributed by atoms with Gasteiger partial charge >= 0.3 is 0 Å². The van der Waals surface area contributed by atoms with Gasteiger partial charge in [0.05, 0.1) is 11.5 Å². The van der Waals surface area contributed by atoms with Crippen LogP contribution in [0.2, 0.25) is 0 Å². The standard InChI is InChI=1S/C18H20N2O4/c1-3-4-11-24-16-9-7-15(8-10-16)19-18(21)14-6-5-13(2)17(12-14)20(22)23/h5-10,12H,3-4,11H2,1-2H3,(H,19,21). The molecule has 2 rings (SSSR count). The van der Waals surface area contributed by atoms with E-state index in [1.807, 2.05) is 0 Å². The Kier molecular flexibility index (Phi) is 5.89. The van der Waals surface area contributed by atoms with Crippen LogP contribution in [0.5, 0.6) is 5.75 Å². The second kappa shape index (κ2) is 8.10. The molecular weight excluding hydrogens is 308 g/mol. The third-order valence-corrected chi connectivity index (χ3v) is 3.55. The molecule has 0 spiro atoms. The van der Waals surface area contributed by atoms with E-state index in [-0.39, 0.29) is 11.3 Å². The van der Waals surface area contributed by atoms with Gasteiger partial charge in [-0.25, -0.2) is 0 Å². The second-order valence-electron chi connectivity index (χ2n) is 5.44. The Morgan fingerprint density at radius 3 is 2.54 bits per heavy atom. The highest BCUT2D eigenvalue weighted by Crippen LogP contribution is 2.21. The maximum atomic E-state index is 12.2. The first-order valence-electron chi connectivity index (χ1n) is 7.80. The third-order valence-electron chi connectivity index (χ3n) is 3.55. The van der Waals surface area contributed by atoms with Crippen molar-refractivity contribution in [1.29, 1.82) is 0 Å². The van der Waals surface area contributed by atoms with Crippen molar-refractivity contribution in [3.8, 4) is 5.75 Å². The Hall–Kier alpha value is -2.89. The Bertz CT molecular complexity index is 726. The lowest BCUT2D eigenvalue weighted by Crippen LogP contribution is -2.12. The highest BCUT2D eigenvalue weighted by Gasteiger charge is 2.15. The molecule has 6 nitrogen and oxygen atoms in total. The Labute approximate surface area is 140 Å². The van der Waals surface area contributed by atoms with Gasteiger partial charge in [0.25, 0.3) is 11.6 Å². The number of hydrogen-bond donors (Lipinski definition) is 1. The first kappa shape index (κ1) is 17.5. The van der Waals surface area contributed by atoms with E-state index >= 15 is 0 Å². The topological polar surface area (TPSA) is 81.5 Å². The Morgan fingerprint density at radius 1 is 1.21 bits per heavy atom. The number of carbonyl (C=O) groups excluding carboxylic acids is 1. The quantitative estimate of drug-likeness (QED) is 0.466. The number of benzene rings is 2. The lowest BCUT2D eigenvalue weighted by Gasteiger charge is -2.08. The number of amides is 1. The number of aryl methyl sites for hydroxylation is 1. The second-order valence-corrected chi connectivity index (χ2v) is 5.44. The molecule has 0 radical (unpaired) electrons. The molecule has 0 atom stereocenters. The lowest BCUT2D eigenvalue weighted by molar-refractivity contribution is -0.385. The summed E-state index contributed by atoms with van der Waals surface area (Å²) in [6, 6.07) is 11.5. The number of unbranched alkanes of at least 4 members (excludes halogenated alkanes) is 1. The van der Waals surface area contributed by atoms with Crippen LogP contribution in [0, 0.1) is 17.0 Å². The number of ether oxygens (including phenoxy) is 1. The van der Waals surface area contributed by atoms with Gasteiger partial charge in [-0.15, -0.1) is 0 Å². The van der Waals surface area contributed by atoms with Crippen LogP contribution in [0.4, 0.5) is 11.4 Å². The summed E-state index contributed by atoms with van der Waals surface area (Å²) < 4.78 is 5.56. The predicted molar refractivity (Wildman–Crippen MR) is 92.6 cm³/mol. The minimum atomic E-state index is -0.492. The van der Waals surface area contributed by atoms with E-state index in [1.165, 1.54) is 6.07 Å². The van der Waals surface area contributed by atoms with E-state index in [4.69, 9.17) is 4.74 Å².